The van der Waals surface area contributed by atoms with E-state index in [0.717, 1.165) is 6.08 Å². The zero-order valence-corrected chi connectivity index (χ0v) is 9.91. The van der Waals surface area contributed by atoms with Gasteiger partial charge in [-0.15, -0.1) is 0 Å². The van der Waals surface area contributed by atoms with Gasteiger partial charge in [0.2, 0.25) is 0 Å². The second-order valence-corrected chi connectivity index (χ2v) is 4.00. The van der Waals surface area contributed by atoms with Crippen LogP contribution in [0, 0.1) is 0 Å². The largest absolute Gasteiger partial charge is 0.491 e. The van der Waals surface area contributed by atoms with Gasteiger partial charge in [0.05, 0.1) is 6.61 Å². The molecular weight excluding hydrogens is 252 g/mol. The fourth-order valence-electron chi connectivity index (χ4n) is 1.40. The third kappa shape index (κ3) is 3.82. The topological polar surface area (TPSA) is 96.4 Å². The lowest BCUT2D eigenvalue weighted by molar-refractivity contribution is -0.140. The van der Waals surface area contributed by atoms with Crippen molar-refractivity contribution in [1.29, 1.82) is 0 Å². The van der Waals surface area contributed by atoms with Crippen LogP contribution in [0.1, 0.15) is 5.56 Å². The van der Waals surface area contributed by atoms with Crippen molar-refractivity contribution in [3.8, 4) is 5.75 Å². The van der Waals surface area contributed by atoms with E-state index in [1.165, 1.54) is 0 Å². The number of benzene rings is 1. The van der Waals surface area contributed by atoms with Gasteiger partial charge in [-0.2, -0.15) is 0 Å². The van der Waals surface area contributed by atoms with Crippen molar-refractivity contribution in [3.05, 3.63) is 35.4 Å². The molecule has 1 heterocycles. The lowest BCUT2D eigenvalue weighted by Gasteiger charge is -2.04. The van der Waals surface area contributed by atoms with Crippen LogP contribution in [-0.4, -0.2) is 41.5 Å². The van der Waals surface area contributed by atoms with E-state index < -0.39 is 17.5 Å². The first-order valence-electron chi connectivity index (χ1n) is 5.59. The molecule has 19 heavy (non-hydrogen) atoms. The van der Waals surface area contributed by atoms with Gasteiger partial charge >= 0.3 is 11.9 Å². The molecule has 1 aromatic carbocycles. The molecule has 0 radical (unpaired) electrons. The van der Waals surface area contributed by atoms with Crippen LogP contribution in [0.15, 0.2) is 29.8 Å². The first-order chi connectivity index (χ1) is 9.06. The maximum Gasteiger partial charge on any atom is 0.343 e. The number of hydrogen-bond acceptors (Lipinski definition) is 4. The molecular formula is C13H12O6. The number of hydrogen-bond donors (Lipinski definition) is 2. The first-order valence-corrected chi connectivity index (χ1v) is 5.59. The minimum Gasteiger partial charge on any atom is -0.491 e. The summed E-state index contributed by atoms with van der Waals surface area (Å²) in [5.74, 6) is -2.32. The third-order valence-corrected chi connectivity index (χ3v) is 2.49. The molecule has 1 aromatic rings. The lowest BCUT2D eigenvalue weighted by atomic mass is 10.1. The Morgan fingerprint density at radius 3 is 2.32 bits per heavy atom. The Labute approximate surface area is 108 Å². The van der Waals surface area contributed by atoms with Crippen LogP contribution >= 0.6 is 0 Å². The molecule has 1 unspecified atom stereocenters. The summed E-state index contributed by atoms with van der Waals surface area (Å²) in [7, 11) is 0. The number of carbonyl (C=O) groups is 2. The molecule has 1 saturated heterocycles. The average Bonchev–Trinajstić information content (AvgIpc) is 3.18. The molecule has 1 aliphatic rings. The van der Waals surface area contributed by atoms with Gasteiger partial charge in [-0.3, -0.25) is 0 Å². The monoisotopic (exact) mass is 264 g/mol. The molecule has 1 fully saturated rings. The van der Waals surface area contributed by atoms with Gasteiger partial charge < -0.3 is 19.7 Å². The van der Waals surface area contributed by atoms with E-state index in [-0.39, 0.29) is 6.10 Å². The highest BCUT2D eigenvalue weighted by Gasteiger charge is 2.23. The van der Waals surface area contributed by atoms with Gasteiger partial charge in [-0.25, -0.2) is 9.59 Å². The van der Waals surface area contributed by atoms with Crippen LogP contribution in [0.2, 0.25) is 0 Å². The molecule has 0 amide bonds. The molecule has 6 nitrogen and oxygen atoms in total. The quantitative estimate of drug-likeness (QED) is 0.344. The van der Waals surface area contributed by atoms with E-state index in [2.05, 4.69) is 0 Å². The zero-order valence-electron chi connectivity index (χ0n) is 9.91. The van der Waals surface area contributed by atoms with Crippen LogP contribution in [0.25, 0.3) is 6.08 Å². The second-order valence-electron chi connectivity index (χ2n) is 4.00. The summed E-state index contributed by atoms with van der Waals surface area (Å²) in [5, 5.41) is 17.4. The maximum atomic E-state index is 10.7. The van der Waals surface area contributed by atoms with E-state index in [9.17, 15) is 9.59 Å². The van der Waals surface area contributed by atoms with Crippen molar-refractivity contribution in [3.63, 3.8) is 0 Å². The molecule has 2 N–H and O–H groups in total. The summed E-state index contributed by atoms with van der Waals surface area (Å²) >= 11 is 0. The number of aliphatic carboxylic acids is 2. The number of epoxide rings is 1. The highest BCUT2D eigenvalue weighted by atomic mass is 16.6. The van der Waals surface area contributed by atoms with Crippen LogP contribution in [0.4, 0.5) is 0 Å². The minimum atomic E-state index is -1.47. The van der Waals surface area contributed by atoms with Crippen molar-refractivity contribution in [2.75, 3.05) is 13.2 Å². The second kappa shape index (κ2) is 5.53. The van der Waals surface area contributed by atoms with Crippen LogP contribution < -0.4 is 4.74 Å². The SMILES string of the molecule is O=C(O)C(=Cc1ccc(OCC2CO2)cc1)C(=O)O. The Balaban J connectivity index is 2.05. The molecule has 0 aromatic heterocycles. The molecule has 1 atom stereocenters. The van der Waals surface area contributed by atoms with Gasteiger partial charge in [-0.1, -0.05) is 12.1 Å². The predicted molar refractivity (Wildman–Crippen MR) is 64.9 cm³/mol. The standard InChI is InChI=1S/C13H12O6/c14-12(15)11(13(16)17)5-8-1-3-9(4-2-8)18-6-10-7-19-10/h1-5,10H,6-7H2,(H,14,15)(H,16,17). The molecule has 2 rings (SSSR count). The molecule has 0 saturated carbocycles. The Bertz CT molecular complexity index is 496. The van der Waals surface area contributed by atoms with E-state index in [1.54, 1.807) is 24.3 Å². The van der Waals surface area contributed by atoms with Crippen molar-refractivity contribution < 1.29 is 29.3 Å². The Hall–Kier alpha value is -2.34. The highest BCUT2D eigenvalue weighted by Crippen LogP contribution is 2.17. The summed E-state index contributed by atoms with van der Waals surface area (Å²) in [5.41, 5.74) is -0.199. The zero-order chi connectivity index (χ0) is 13.8. The van der Waals surface area contributed by atoms with Gasteiger partial charge in [0.15, 0.2) is 0 Å². The Kier molecular flexibility index (Phi) is 3.82. The number of ether oxygens (including phenoxy) is 2. The van der Waals surface area contributed by atoms with Gasteiger partial charge in [-0.05, 0) is 23.8 Å². The van der Waals surface area contributed by atoms with Crippen molar-refractivity contribution in [1.82, 2.24) is 0 Å². The van der Waals surface area contributed by atoms with E-state index in [4.69, 9.17) is 19.7 Å². The Morgan fingerprint density at radius 1 is 1.26 bits per heavy atom. The fraction of sp³-hybridized carbons (Fsp3) is 0.231. The van der Waals surface area contributed by atoms with Crippen LogP contribution in [0.5, 0.6) is 5.75 Å². The summed E-state index contributed by atoms with van der Waals surface area (Å²) in [4.78, 5) is 21.4. The molecule has 6 heteroatoms. The van der Waals surface area contributed by atoms with E-state index in [0.29, 0.717) is 24.5 Å². The molecule has 0 aliphatic carbocycles. The summed E-state index contributed by atoms with van der Waals surface area (Å²) in [6.45, 7) is 1.19. The minimum absolute atomic E-state index is 0.158. The molecule has 100 valence electrons. The molecule has 0 bridgehead atoms. The molecule has 0 spiro atoms. The number of rotatable bonds is 6. The molecule has 1 aliphatic heterocycles. The average molecular weight is 264 g/mol. The van der Waals surface area contributed by atoms with Gasteiger partial charge in [0, 0.05) is 0 Å². The first kappa shape index (κ1) is 13.1. The van der Waals surface area contributed by atoms with E-state index >= 15 is 0 Å². The highest BCUT2D eigenvalue weighted by molar-refractivity contribution is 6.16. The summed E-state index contributed by atoms with van der Waals surface area (Å²) in [6, 6.07) is 6.48. The smallest absolute Gasteiger partial charge is 0.343 e. The fourth-order valence-corrected chi connectivity index (χ4v) is 1.40. The number of carboxylic acids is 2. The van der Waals surface area contributed by atoms with Crippen molar-refractivity contribution in [2.24, 2.45) is 0 Å². The van der Waals surface area contributed by atoms with E-state index in [1.807, 2.05) is 0 Å². The van der Waals surface area contributed by atoms with Gasteiger partial charge in [0.25, 0.3) is 0 Å². The Morgan fingerprint density at radius 2 is 1.84 bits per heavy atom. The number of carboxylic acid groups (broad SMARTS) is 2. The van der Waals surface area contributed by atoms with Crippen LogP contribution in [0.3, 0.4) is 0 Å². The summed E-state index contributed by atoms with van der Waals surface area (Å²) in [6.07, 6.45) is 1.25. The maximum absolute atomic E-state index is 10.7. The van der Waals surface area contributed by atoms with Crippen LogP contribution in [-0.2, 0) is 14.3 Å². The normalized spacial score (nSPS) is 16.5. The summed E-state index contributed by atoms with van der Waals surface area (Å²) < 4.78 is 10.4. The lowest BCUT2D eigenvalue weighted by Crippen LogP contribution is -2.10. The third-order valence-electron chi connectivity index (χ3n) is 2.49. The van der Waals surface area contributed by atoms with Crippen molar-refractivity contribution >= 4 is 18.0 Å². The van der Waals surface area contributed by atoms with Crippen molar-refractivity contribution in [2.45, 2.75) is 6.10 Å². The van der Waals surface area contributed by atoms with Gasteiger partial charge in [0.1, 0.15) is 24.0 Å². The predicted octanol–water partition coefficient (Wildman–Crippen LogP) is 1.02.